The van der Waals surface area contributed by atoms with Gasteiger partial charge in [0.25, 0.3) is 0 Å². The van der Waals surface area contributed by atoms with Crippen molar-refractivity contribution in [2.45, 2.75) is 6.04 Å². The van der Waals surface area contributed by atoms with Crippen molar-refractivity contribution in [2.75, 3.05) is 11.9 Å². The molecule has 0 aromatic heterocycles. The Morgan fingerprint density at radius 1 is 1.28 bits per heavy atom. The quantitative estimate of drug-likeness (QED) is 0.634. The van der Waals surface area contributed by atoms with Gasteiger partial charge in [0.15, 0.2) is 17.7 Å². The number of aliphatic carboxylic acids is 1. The highest BCUT2D eigenvalue weighted by Crippen LogP contribution is 2.12. The molecule has 0 aliphatic heterocycles. The van der Waals surface area contributed by atoms with Gasteiger partial charge in [0, 0.05) is 11.8 Å². The monoisotopic (exact) mass is 260 g/mol. The summed E-state index contributed by atoms with van der Waals surface area (Å²) >= 11 is 0. The summed E-state index contributed by atoms with van der Waals surface area (Å²) in [5.41, 5.74) is -0.0477. The van der Waals surface area contributed by atoms with E-state index < -0.39 is 36.3 Å². The molecule has 0 saturated heterocycles. The maximum Gasteiger partial charge on any atom is 0.328 e. The van der Waals surface area contributed by atoms with E-state index in [1.165, 1.54) is 0 Å². The summed E-state index contributed by atoms with van der Waals surface area (Å²) in [6, 6.07) is 0.222. The number of rotatable bonds is 4. The van der Waals surface area contributed by atoms with Crippen LogP contribution < -0.4 is 10.6 Å². The van der Waals surface area contributed by atoms with Crippen molar-refractivity contribution in [3.63, 3.8) is 0 Å². The number of anilines is 1. The van der Waals surface area contributed by atoms with Crippen molar-refractivity contribution < 1.29 is 28.6 Å². The highest BCUT2D eigenvalue weighted by atomic mass is 19.2. The third-order valence-corrected chi connectivity index (χ3v) is 1.96. The average Bonchev–Trinajstić information content (AvgIpc) is 2.30. The third kappa shape index (κ3) is 3.67. The van der Waals surface area contributed by atoms with E-state index in [0.717, 1.165) is 18.2 Å². The van der Waals surface area contributed by atoms with Crippen LogP contribution >= 0.6 is 0 Å². The highest BCUT2D eigenvalue weighted by molar-refractivity contribution is 5.92. The Morgan fingerprint density at radius 3 is 2.44 bits per heavy atom. The van der Waals surface area contributed by atoms with E-state index in [-0.39, 0.29) is 5.69 Å². The molecular formula is C10H10F2N2O4. The second kappa shape index (κ2) is 5.92. The van der Waals surface area contributed by atoms with Crippen molar-refractivity contribution in [3.8, 4) is 0 Å². The first-order valence-electron chi connectivity index (χ1n) is 4.80. The summed E-state index contributed by atoms with van der Waals surface area (Å²) in [7, 11) is 0. The molecule has 0 unspecified atom stereocenters. The third-order valence-electron chi connectivity index (χ3n) is 1.96. The first kappa shape index (κ1) is 13.8. The van der Waals surface area contributed by atoms with Gasteiger partial charge < -0.3 is 20.8 Å². The van der Waals surface area contributed by atoms with Gasteiger partial charge in [-0.3, -0.25) is 0 Å². The Kier molecular flexibility index (Phi) is 4.55. The Balaban J connectivity index is 2.64. The maximum absolute atomic E-state index is 12.8. The number of aliphatic hydroxyl groups excluding tert-OH is 1. The van der Waals surface area contributed by atoms with E-state index in [9.17, 15) is 18.4 Å². The number of carboxylic acid groups (broad SMARTS) is 1. The molecule has 2 amide bonds. The van der Waals surface area contributed by atoms with E-state index in [2.05, 4.69) is 5.32 Å². The van der Waals surface area contributed by atoms with Gasteiger partial charge in [-0.25, -0.2) is 18.4 Å². The second-order valence-corrected chi connectivity index (χ2v) is 3.30. The standard InChI is InChI=1S/C10H10F2N2O4/c11-6-2-1-5(3-7(6)12)13-10(18)14-8(4-15)9(16)17/h1-3,8,15H,4H2,(H,16,17)(H2,13,14,18)/t8-/m0/s1. The predicted octanol–water partition coefficient (Wildman–Crippen LogP) is 0.532. The molecule has 1 aromatic rings. The molecule has 0 radical (unpaired) electrons. The van der Waals surface area contributed by atoms with E-state index in [0.29, 0.717) is 0 Å². The van der Waals surface area contributed by atoms with Crippen LogP contribution in [0.2, 0.25) is 0 Å². The molecule has 98 valence electrons. The van der Waals surface area contributed by atoms with Crippen molar-refractivity contribution in [3.05, 3.63) is 29.8 Å². The first-order valence-corrected chi connectivity index (χ1v) is 4.80. The smallest absolute Gasteiger partial charge is 0.328 e. The molecule has 8 heteroatoms. The number of urea groups is 1. The lowest BCUT2D eigenvalue weighted by Gasteiger charge is -2.12. The maximum atomic E-state index is 12.8. The number of carbonyl (C=O) groups is 2. The number of aliphatic hydroxyl groups is 1. The fourth-order valence-corrected chi connectivity index (χ4v) is 1.08. The summed E-state index contributed by atoms with van der Waals surface area (Å²) in [4.78, 5) is 21.8. The van der Waals surface area contributed by atoms with Crippen molar-refractivity contribution in [1.82, 2.24) is 5.32 Å². The van der Waals surface area contributed by atoms with Gasteiger partial charge in [-0.05, 0) is 12.1 Å². The molecule has 0 fully saturated rings. The second-order valence-electron chi connectivity index (χ2n) is 3.30. The van der Waals surface area contributed by atoms with Crippen molar-refractivity contribution >= 4 is 17.7 Å². The number of carboxylic acids is 1. The van der Waals surface area contributed by atoms with E-state index >= 15 is 0 Å². The zero-order valence-corrected chi connectivity index (χ0v) is 8.98. The number of halogens is 2. The van der Waals surface area contributed by atoms with Crippen LogP contribution in [0.5, 0.6) is 0 Å². The van der Waals surface area contributed by atoms with Crippen LogP contribution in [0, 0.1) is 11.6 Å². The minimum atomic E-state index is -1.48. The van der Waals surface area contributed by atoms with Crippen LogP contribution in [-0.4, -0.2) is 34.9 Å². The largest absolute Gasteiger partial charge is 0.480 e. The van der Waals surface area contributed by atoms with Crippen molar-refractivity contribution in [2.24, 2.45) is 0 Å². The molecule has 0 saturated carbocycles. The molecule has 1 atom stereocenters. The van der Waals surface area contributed by atoms with E-state index in [1.54, 1.807) is 0 Å². The summed E-state index contributed by atoms with van der Waals surface area (Å²) in [6.45, 7) is -0.791. The van der Waals surface area contributed by atoms with Gasteiger partial charge in [0.2, 0.25) is 0 Å². The minimum Gasteiger partial charge on any atom is -0.480 e. The molecule has 0 aliphatic carbocycles. The molecule has 0 heterocycles. The summed E-state index contributed by atoms with van der Waals surface area (Å²) in [5, 5.41) is 21.2. The molecule has 0 aliphatic rings. The van der Waals surface area contributed by atoms with Gasteiger partial charge in [-0.15, -0.1) is 0 Å². The number of amides is 2. The number of hydrogen-bond donors (Lipinski definition) is 4. The van der Waals surface area contributed by atoms with Crippen LogP contribution in [0.15, 0.2) is 18.2 Å². The number of carbonyl (C=O) groups excluding carboxylic acids is 1. The molecule has 18 heavy (non-hydrogen) atoms. The minimum absolute atomic E-state index is 0.0477. The highest BCUT2D eigenvalue weighted by Gasteiger charge is 2.18. The number of hydrogen-bond acceptors (Lipinski definition) is 3. The molecule has 4 N–H and O–H groups in total. The van der Waals surface area contributed by atoms with Gasteiger partial charge in [-0.2, -0.15) is 0 Å². The topological polar surface area (TPSA) is 98.7 Å². The summed E-state index contributed by atoms with van der Waals surface area (Å²) in [5.74, 6) is -3.64. The SMILES string of the molecule is O=C(Nc1ccc(F)c(F)c1)N[C@@H](CO)C(=O)O. The van der Waals surface area contributed by atoms with E-state index in [4.69, 9.17) is 10.2 Å². The molecule has 0 spiro atoms. The number of nitrogens with one attached hydrogen (secondary N) is 2. The summed E-state index contributed by atoms with van der Waals surface area (Å²) < 4.78 is 25.4. The van der Waals surface area contributed by atoms with Crippen LogP contribution in [0.3, 0.4) is 0 Å². The van der Waals surface area contributed by atoms with E-state index in [1.807, 2.05) is 5.32 Å². The lowest BCUT2D eigenvalue weighted by molar-refractivity contribution is -0.140. The molecule has 6 nitrogen and oxygen atoms in total. The lowest BCUT2D eigenvalue weighted by atomic mass is 10.3. The Morgan fingerprint density at radius 2 is 1.94 bits per heavy atom. The van der Waals surface area contributed by atoms with Gasteiger partial charge >= 0.3 is 12.0 Å². The predicted molar refractivity (Wildman–Crippen MR) is 57.0 cm³/mol. The zero-order valence-electron chi connectivity index (χ0n) is 8.98. The molecule has 0 bridgehead atoms. The normalized spacial score (nSPS) is 11.7. The lowest BCUT2D eigenvalue weighted by Crippen LogP contribution is -2.45. The zero-order chi connectivity index (χ0) is 13.7. The molecular weight excluding hydrogens is 250 g/mol. The van der Waals surface area contributed by atoms with Gasteiger partial charge in [0.1, 0.15) is 0 Å². The Bertz CT molecular complexity index is 467. The fourth-order valence-electron chi connectivity index (χ4n) is 1.08. The van der Waals surface area contributed by atoms with Gasteiger partial charge in [-0.1, -0.05) is 0 Å². The first-order chi connectivity index (χ1) is 8.43. The van der Waals surface area contributed by atoms with Crippen LogP contribution in [-0.2, 0) is 4.79 Å². The summed E-state index contributed by atoms with van der Waals surface area (Å²) in [6.07, 6.45) is 0. The average molecular weight is 260 g/mol. The molecule has 1 aromatic carbocycles. The Hall–Kier alpha value is -2.22. The van der Waals surface area contributed by atoms with Crippen LogP contribution in [0.4, 0.5) is 19.3 Å². The van der Waals surface area contributed by atoms with Crippen LogP contribution in [0.25, 0.3) is 0 Å². The molecule has 1 rings (SSSR count). The fraction of sp³-hybridized carbons (Fsp3) is 0.200. The number of benzene rings is 1. The van der Waals surface area contributed by atoms with Crippen LogP contribution in [0.1, 0.15) is 0 Å². The van der Waals surface area contributed by atoms with Crippen molar-refractivity contribution in [1.29, 1.82) is 0 Å². The van der Waals surface area contributed by atoms with Gasteiger partial charge in [0.05, 0.1) is 6.61 Å². The Labute approximate surface area is 100 Å².